The number of hydrogen-bond acceptors (Lipinski definition) is 3. The van der Waals surface area contributed by atoms with Crippen LogP contribution < -0.4 is 10.5 Å². The summed E-state index contributed by atoms with van der Waals surface area (Å²) in [5.41, 5.74) is 8.27. The van der Waals surface area contributed by atoms with Crippen LogP contribution in [0.3, 0.4) is 0 Å². The number of fused-ring (bicyclic) bond motifs is 1. The fraction of sp³-hybridized carbons (Fsp3) is 0.611. The molecule has 22 heavy (non-hydrogen) atoms. The van der Waals surface area contributed by atoms with Crippen molar-refractivity contribution < 1.29 is 14.6 Å². The van der Waals surface area contributed by atoms with Gasteiger partial charge in [0, 0.05) is 13.0 Å². The van der Waals surface area contributed by atoms with Crippen molar-refractivity contribution >= 4 is 5.97 Å². The van der Waals surface area contributed by atoms with Crippen molar-refractivity contribution in [3.63, 3.8) is 0 Å². The summed E-state index contributed by atoms with van der Waals surface area (Å²) in [5.74, 6) is 0.341. The highest BCUT2D eigenvalue weighted by atomic mass is 16.5. The lowest BCUT2D eigenvalue weighted by molar-refractivity contribution is -0.137. The molecule has 1 heterocycles. The maximum atomic E-state index is 10.1. The number of ether oxygens (including phenoxy) is 1. The Balaban J connectivity index is 0.000000225. The van der Waals surface area contributed by atoms with E-state index in [9.17, 15) is 4.79 Å². The van der Waals surface area contributed by atoms with E-state index < -0.39 is 5.97 Å². The van der Waals surface area contributed by atoms with E-state index in [-0.39, 0.29) is 5.41 Å². The first-order valence-corrected chi connectivity index (χ1v) is 7.98. The van der Waals surface area contributed by atoms with Gasteiger partial charge in [-0.1, -0.05) is 32.9 Å². The first kappa shape index (κ1) is 18.5. The number of aliphatic carboxylic acids is 1. The molecule has 1 aliphatic heterocycles. The molecule has 0 radical (unpaired) electrons. The average Bonchev–Trinajstić information content (AvgIpc) is 2.45. The Labute approximate surface area is 133 Å². The molecule has 0 aliphatic carbocycles. The van der Waals surface area contributed by atoms with Crippen molar-refractivity contribution in [1.82, 2.24) is 0 Å². The number of benzene rings is 1. The standard InChI is InChI=1S/C10H13NO.C8H16O2/c11-7-8-3-4-9-2-1-5-12-10(9)6-8;1-8(2,3)6-4-5-7(9)10/h3-4,6H,1-2,5,7,11H2;4-6H2,1-3H3,(H,9,10). The van der Waals surface area contributed by atoms with E-state index in [0.29, 0.717) is 13.0 Å². The van der Waals surface area contributed by atoms with Crippen LogP contribution in [0.15, 0.2) is 18.2 Å². The summed E-state index contributed by atoms with van der Waals surface area (Å²) in [5, 5.41) is 8.31. The van der Waals surface area contributed by atoms with Crippen LogP contribution in [-0.4, -0.2) is 17.7 Å². The fourth-order valence-electron chi connectivity index (χ4n) is 2.28. The molecule has 0 atom stereocenters. The Morgan fingerprint density at radius 3 is 2.68 bits per heavy atom. The molecule has 0 saturated heterocycles. The van der Waals surface area contributed by atoms with Gasteiger partial charge in [0.25, 0.3) is 0 Å². The van der Waals surface area contributed by atoms with Crippen LogP contribution in [0.5, 0.6) is 5.75 Å². The second kappa shape index (κ2) is 8.79. The maximum Gasteiger partial charge on any atom is 0.303 e. The van der Waals surface area contributed by atoms with Crippen molar-refractivity contribution in [3.8, 4) is 5.75 Å². The normalized spacial score (nSPS) is 13.5. The zero-order valence-corrected chi connectivity index (χ0v) is 14.0. The van der Waals surface area contributed by atoms with Gasteiger partial charge in [0.05, 0.1) is 6.61 Å². The van der Waals surface area contributed by atoms with E-state index in [1.165, 1.54) is 5.56 Å². The molecule has 1 aliphatic rings. The topological polar surface area (TPSA) is 72.5 Å². The van der Waals surface area contributed by atoms with Gasteiger partial charge in [-0.25, -0.2) is 0 Å². The molecule has 124 valence electrons. The highest BCUT2D eigenvalue weighted by Gasteiger charge is 2.10. The maximum absolute atomic E-state index is 10.1. The summed E-state index contributed by atoms with van der Waals surface area (Å²) < 4.78 is 5.51. The lowest BCUT2D eigenvalue weighted by Gasteiger charge is -2.17. The summed E-state index contributed by atoms with van der Waals surface area (Å²) in [6, 6.07) is 6.25. The van der Waals surface area contributed by atoms with Crippen LogP contribution in [0.1, 0.15) is 57.6 Å². The molecule has 2 rings (SSSR count). The Kier molecular flexibility index (Phi) is 7.39. The molecule has 0 spiro atoms. The monoisotopic (exact) mass is 307 g/mol. The second-order valence-corrected chi connectivity index (χ2v) is 6.91. The highest BCUT2D eigenvalue weighted by Crippen LogP contribution is 2.25. The lowest BCUT2D eigenvalue weighted by atomic mass is 9.90. The molecule has 3 N–H and O–H groups in total. The van der Waals surface area contributed by atoms with Crippen LogP contribution in [0, 0.1) is 5.41 Å². The van der Waals surface area contributed by atoms with Crippen molar-refractivity contribution in [3.05, 3.63) is 29.3 Å². The van der Waals surface area contributed by atoms with Crippen LogP contribution in [0.2, 0.25) is 0 Å². The van der Waals surface area contributed by atoms with E-state index in [0.717, 1.165) is 43.6 Å². The van der Waals surface area contributed by atoms with Crippen LogP contribution in [0.4, 0.5) is 0 Å². The largest absolute Gasteiger partial charge is 0.493 e. The molecule has 0 unspecified atom stereocenters. The second-order valence-electron chi connectivity index (χ2n) is 6.91. The highest BCUT2D eigenvalue weighted by molar-refractivity contribution is 5.66. The molecular weight excluding hydrogens is 278 g/mol. The zero-order chi connectivity index (χ0) is 16.6. The van der Waals surface area contributed by atoms with Crippen LogP contribution >= 0.6 is 0 Å². The van der Waals surface area contributed by atoms with Crippen molar-refractivity contribution in [1.29, 1.82) is 0 Å². The molecule has 0 bridgehead atoms. The minimum absolute atomic E-state index is 0.273. The van der Waals surface area contributed by atoms with Gasteiger partial charge >= 0.3 is 5.97 Å². The number of aryl methyl sites for hydroxylation is 1. The summed E-state index contributed by atoms with van der Waals surface area (Å²) in [7, 11) is 0. The number of carbonyl (C=O) groups is 1. The molecular formula is C18H29NO3. The molecule has 0 aromatic heterocycles. The van der Waals surface area contributed by atoms with Crippen LogP contribution in [-0.2, 0) is 17.8 Å². The summed E-state index contributed by atoms with van der Waals surface area (Å²) in [4.78, 5) is 10.1. The van der Waals surface area contributed by atoms with Crippen molar-refractivity contribution in [2.24, 2.45) is 11.1 Å². The smallest absolute Gasteiger partial charge is 0.303 e. The van der Waals surface area contributed by atoms with Gasteiger partial charge in [-0.3, -0.25) is 4.79 Å². The Bertz CT molecular complexity index is 478. The Morgan fingerprint density at radius 1 is 1.36 bits per heavy atom. The van der Waals surface area contributed by atoms with Crippen LogP contribution in [0.25, 0.3) is 0 Å². The van der Waals surface area contributed by atoms with E-state index in [1.54, 1.807) is 0 Å². The predicted octanol–water partition coefficient (Wildman–Crippen LogP) is 3.76. The minimum atomic E-state index is -0.691. The van der Waals surface area contributed by atoms with Gasteiger partial charge in [-0.05, 0) is 48.3 Å². The Hall–Kier alpha value is -1.55. The number of nitrogens with two attached hydrogens (primary N) is 1. The zero-order valence-electron chi connectivity index (χ0n) is 14.0. The third-order valence-electron chi connectivity index (χ3n) is 3.53. The van der Waals surface area contributed by atoms with Gasteiger partial charge in [0.2, 0.25) is 0 Å². The summed E-state index contributed by atoms with van der Waals surface area (Å²) in [6.07, 6.45) is 4.35. The third kappa shape index (κ3) is 7.46. The first-order chi connectivity index (χ1) is 10.3. The SMILES string of the molecule is CC(C)(C)CCCC(=O)O.NCc1ccc2c(c1)OCCC2. The van der Waals surface area contributed by atoms with Gasteiger partial charge in [0.15, 0.2) is 0 Å². The number of hydrogen-bond donors (Lipinski definition) is 2. The number of carboxylic acids is 1. The average molecular weight is 307 g/mol. The Morgan fingerprint density at radius 2 is 2.09 bits per heavy atom. The third-order valence-corrected chi connectivity index (χ3v) is 3.53. The van der Waals surface area contributed by atoms with Gasteiger partial charge in [0.1, 0.15) is 5.75 Å². The van der Waals surface area contributed by atoms with Crippen molar-refractivity contribution in [2.45, 2.75) is 59.4 Å². The molecule has 1 aromatic carbocycles. The summed E-state index contributed by atoms with van der Waals surface area (Å²) in [6.45, 7) is 7.80. The molecule has 4 heteroatoms. The van der Waals surface area contributed by atoms with E-state index in [2.05, 4.69) is 39.0 Å². The predicted molar refractivity (Wildman–Crippen MR) is 89.1 cm³/mol. The van der Waals surface area contributed by atoms with E-state index in [1.807, 2.05) is 0 Å². The summed E-state index contributed by atoms with van der Waals surface area (Å²) >= 11 is 0. The molecule has 4 nitrogen and oxygen atoms in total. The minimum Gasteiger partial charge on any atom is -0.493 e. The van der Waals surface area contributed by atoms with Crippen molar-refractivity contribution in [2.75, 3.05) is 6.61 Å². The van der Waals surface area contributed by atoms with Gasteiger partial charge in [-0.15, -0.1) is 0 Å². The molecule has 0 amide bonds. The first-order valence-electron chi connectivity index (χ1n) is 7.98. The van der Waals surface area contributed by atoms with Gasteiger partial charge < -0.3 is 15.6 Å². The van der Waals surface area contributed by atoms with E-state index in [4.69, 9.17) is 15.6 Å². The van der Waals surface area contributed by atoms with Gasteiger partial charge in [-0.2, -0.15) is 0 Å². The number of rotatable bonds is 4. The number of carboxylic acid groups (broad SMARTS) is 1. The fourth-order valence-corrected chi connectivity index (χ4v) is 2.28. The molecule has 1 aromatic rings. The quantitative estimate of drug-likeness (QED) is 0.888. The molecule has 0 saturated carbocycles. The van der Waals surface area contributed by atoms with E-state index >= 15 is 0 Å². The lowest BCUT2D eigenvalue weighted by Crippen LogP contribution is -2.09. The molecule has 0 fully saturated rings.